The van der Waals surface area contributed by atoms with Gasteiger partial charge in [-0.05, 0) is 24.3 Å². The maximum atomic E-state index is 11.7. The van der Waals surface area contributed by atoms with E-state index in [9.17, 15) is 4.79 Å². The van der Waals surface area contributed by atoms with Crippen molar-refractivity contribution in [3.63, 3.8) is 0 Å². The summed E-state index contributed by atoms with van der Waals surface area (Å²) in [6.45, 7) is 0.306. The van der Waals surface area contributed by atoms with E-state index in [1.165, 1.54) is 0 Å². The number of halogens is 1. The highest BCUT2D eigenvalue weighted by Gasteiger charge is 2.07. The van der Waals surface area contributed by atoms with Crippen LogP contribution in [0.3, 0.4) is 0 Å². The largest absolute Gasteiger partial charge is 0.345 e. The molecule has 0 radical (unpaired) electrons. The van der Waals surface area contributed by atoms with E-state index in [0.29, 0.717) is 12.2 Å². The van der Waals surface area contributed by atoms with Crippen molar-refractivity contribution in [2.45, 2.75) is 6.54 Å². The molecule has 0 aliphatic heterocycles. The number of aromatic nitrogens is 3. The number of amides is 1. The number of carbonyl (C=O) groups is 1. The predicted octanol–water partition coefficient (Wildman–Crippen LogP) is 1.46. The van der Waals surface area contributed by atoms with Gasteiger partial charge in [0.2, 0.25) is 0 Å². The van der Waals surface area contributed by atoms with Gasteiger partial charge in [0.1, 0.15) is 10.8 Å². The molecule has 0 aliphatic rings. The van der Waals surface area contributed by atoms with Gasteiger partial charge in [-0.1, -0.05) is 17.7 Å². The van der Waals surface area contributed by atoms with Crippen LogP contribution >= 0.6 is 11.6 Å². The summed E-state index contributed by atoms with van der Waals surface area (Å²) in [7, 11) is 0. The summed E-state index contributed by atoms with van der Waals surface area (Å²) < 4.78 is 0. The van der Waals surface area contributed by atoms with Crippen LogP contribution in [0.5, 0.6) is 0 Å². The molecular weight excluding hydrogens is 240 g/mol. The molecule has 2 heterocycles. The Kier molecular flexibility index (Phi) is 3.62. The third kappa shape index (κ3) is 3.22. The van der Waals surface area contributed by atoms with Crippen LogP contribution < -0.4 is 5.32 Å². The van der Waals surface area contributed by atoms with E-state index in [1.54, 1.807) is 36.5 Å². The van der Waals surface area contributed by atoms with Crippen LogP contribution in [0, 0.1) is 0 Å². The van der Waals surface area contributed by atoms with Gasteiger partial charge < -0.3 is 5.32 Å². The number of nitrogens with one attached hydrogen (secondary N) is 1. The zero-order valence-electron chi connectivity index (χ0n) is 8.80. The Balaban J connectivity index is 1.98. The van der Waals surface area contributed by atoms with Gasteiger partial charge in [0.25, 0.3) is 5.91 Å². The smallest absolute Gasteiger partial charge is 0.270 e. The van der Waals surface area contributed by atoms with Crippen LogP contribution in [0.15, 0.2) is 36.5 Å². The van der Waals surface area contributed by atoms with Crippen molar-refractivity contribution in [2.75, 3.05) is 0 Å². The van der Waals surface area contributed by atoms with Gasteiger partial charge in [-0.3, -0.25) is 4.79 Å². The van der Waals surface area contributed by atoms with E-state index >= 15 is 0 Å². The molecule has 5 nitrogen and oxygen atoms in total. The number of pyridine rings is 1. The molecule has 2 aromatic heterocycles. The van der Waals surface area contributed by atoms with Crippen molar-refractivity contribution in [3.8, 4) is 0 Å². The number of nitrogens with zero attached hydrogens (tertiary/aromatic N) is 3. The molecule has 17 heavy (non-hydrogen) atoms. The van der Waals surface area contributed by atoms with Crippen molar-refractivity contribution in [2.24, 2.45) is 0 Å². The minimum atomic E-state index is -0.293. The third-order valence-electron chi connectivity index (χ3n) is 2.01. The van der Waals surface area contributed by atoms with Crippen molar-refractivity contribution in [1.82, 2.24) is 20.5 Å². The fraction of sp³-hybridized carbons (Fsp3) is 0.0909. The monoisotopic (exact) mass is 248 g/mol. The maximum Gasteiger partial charge on any atom is 0.270 e. The van der Waals surface area contributed by atoms with E-state index in [1.807, 2.05) is 0 Å². The summed E-state index contributed by atoms with van der Waals surface area (Å²) >= 11 is 5.69. The number of rotatable bonds is 3. The van der Waals surface area contributed by atoms with E-state index < -0.39 is 0 Å². The van der Waals surface area contributed by atoms with Crippen molar-refractivity contribution in [1.29, 1.82) is 0 Å². The quantitative estimate of drug-likeness (QED) is 0.835. The zero-order valence-corrected chi connectivity index (χ0v) is 9.55. The van der Waals surface area contributed by atoms with Crippen LogP contribution in [0.2, 0.25) is 5.15 Å². The highest BCUT2D eigenvalue weighted by molar-refractivity contribution is 6.29. The molecule has 0 fully saturated rings. The van der Waals surface area contributed by atoms with Gasteiger partial charge in [-0.25, -0.2) is 4.98 Å². The molecule has 0 bridgehead atoms. The topological polar surface area (TPSA) is 67.8 Å². The van der Waals surface area contributed by atoms with E-state index in [0.717, 1.165) is 0 Å². The second-order valence-electron chi connectivity index (χ2n) is 3.24. The summed E-state index contributed by atoms with van der Waals surface area (Å²) in [5, 5.41) is 10.5. The molecule has 0 unspecified atom stereocenters. The Morgan fingerprint density at radius 1 is 1.29 bits per heavy atom. The molecule has 1 amide bonds. The van der Waals surface area contributed by atoms with Gasteiger partial charge in [-0.15, -0.1) is 0 Å². The first-order valence-electron chi connectivity index (χ1n) is 4.93. The molecule has 0 saturated heterocycles. The zero-order chi connectivity index (χ0) is 12.1. The predicted molar refractivity (Wildman–Crippen MR) is 62.4 cm³/mol. The summed E-state index contributed by atoms with van der Waals surface area (Å²) in [6.07, 6.45) is 1.57. The second kappa shape index (κ2) is 5.36. The standard InChI is InChI=1S/C11H9ClN4O/c12-10-5-1-4-9(15-10)11(17)13-7-8-3-2-6-14-16-8/h1-6H,7H2,(H,13,17). The van der Waals surface area contributed by atoms with Crippen LogP contribution in [0.4, 0.5) is 0 Å². The number of hydrogen-bond donors (Lipinski definition) is 1. The fourth-order valence-corrected chi connectivity index (χ4v) is 1.39. The lowest BCUT2D eigenvalue weighted by atomic mass is 10.3. The Hall–Kier alpha value is -2.01. The third-order valence-corrected chi connectivity index (χ3v) is 2.22. The molecule has 0 spiro atoms. The van der Waals surface area contributed by atoms with Crippen LogP contribution in [0.1, 0.15) is 16.2 Å². The summed E-state index contributed by atoms with van der Waals surface area (Å²) in [5.74, 6) is -0.293. The Morgan fingerprint density at radius 3 is 2.88 bits per heavy atom. The lowest BCUT2D eigenvalue weighted by Crippen LogP contribution is -2.24. The van der Waals surface area contributed by atoms with Gasteiger partial charge in [0.05, 0.1) is 12.2 Å². The molecular formula is C11H9ClN4O. The molecule has 1 N–H and O–H groups in total. The minimum absolute atomic E-state index is 0.279. The van der Waals surface area contributed by atoms with E-state index in [-0.39, 0.29) is 16.8 Å². The van der Waals surface area contributed by atoms with E-state index in [4.69, 9.17) is 11.6 Å². The van der Waals surface area contributed by atoms with Gasteiger partial charge in [0, 0.05) is 6.20 Å². The molecule has 2 rings (SSSR count). The SMILES string of the molecule is O=C(NCc1cccnn1)c1cccc(Cl)n1. The number of carbonyl (C=O) groups excluding carboxylic acids is 1. The number of hydrogen-bond acceptors (Lipinski definition) is 4. The molecule has 0 aromatic carbocycles. The Morgan fingerprint density at radius 2 is 2.18 bits per heavy atom. The Bertz CT molecular complexity index is 518. The molecule has 6 heteroatoms. The second-order valence-corrected chi connectivity index (χ2v) is 3.63. The van der Waals surface area contributed by atoms with Gasteiger partial charge in [-0.2, -0.15) is 10.2 Å². The molecule has 0 aliphatic carbocycles. The highest BCUT2D eigenvalue weighted by atomic mass is 35.5. The lowest BCUT2D eigenvalue weighted by Gasteiger charge is -2.03. The van der Waals surface area contributed by atoms with Crippen LogP contribution in [-0.4, -0.2) is 21.1 Å². The average Bonchev–Trinajstić information content (AvgIpc) is 2.37. The molecule has 86 valence electrons. The summed E-state index contributed by atoms with van der Waals surface area (Å²) in [6, 6.07) is 8.41. The molecule has 2 aromatic rings. The summed E-state index contributed by atoms with van der Waals surface area (Å²) in [5.41, 5.74) is 0.962. The summed E-state index contributed by atoms with van der Waals surface area (Å²) in [4.78, 5) is 15.6. The first-order valence-corrected chi connectivity index (χ1v) is 5.31. The van der Waals surface area contributed by atoms with E-state index in [2.05, 4.69) is 20.5 Å². The normalized spacial score (nSPS) is 9.94. The fourth-order valence-electron chi connectivity index (χ4n) is 1.22. The van der Waals surface area contributed by atoms with Crippen molar-refractivity contribution >= 4 is 17.5 Å². The Labute approximate surface area is 103 Å². The maximum absolute atomic E-state index is 11.7. The first kappa shape index (κ1) is 11.5. The highest BCUT2D eigenvalue weighted by Crippen LogP contribution is 2.05. The van der Waals surface area contributed by atoms with Crippen LogP contribution in [-0.2, 0) is 6.54 Å². The van der Waals surface area contributed by atoms with Crippen molar-refractivity contribution in [3.05, 3.63) is 53.1 Å². The first-order chi connectivity index (χ1) is 8.25. The van der Waals surface area contributed by atoms with Gasteiger partial charge in [0.15, 0.2) is 0 Å². The van der Waals surface area contributed by atoms with Crippen LogP contribution in [0.25, 0.3) is 0 Å². The minimum Gasteiger partial charge on any atom is -0.345 e. The molecule has 0 saturated carbocycles. The lowest BCUT2D eigenvalue weighted by molar-refractivity contribution is 0.0945. The molecule has 0 atom stereocenters. The van der Waals surface area contributed by atoms with Gasteiger partial charge >= 0.3 is 0 Å². The average molecular weight is 249 g/mol. The van der Waals surface area contributed by atoms with Crippen molar-refractivity contribution < 1.29 is 4.79 Å².